The molecule has 0 N–H and O–H groups in total. The van der Waals surface area contributed by atoms with Crippen LogP contribution in [0.2, 0.25) is 0 Å². The molecule has 0 fully saturated rings. The normalized spacial score (nSPS) is 12.5. The summed E-state index contributed by atoms with van der Waals surface area (Å²) < 4.78 is 6.67. The molecule has 0 saturated heterocycles. The maximum absolute atomic E-state index is 9.63. The summed E-state index contributed by atoms with van der Waals surface area (Å²) in [6.07, 6.45) is 3.91. The van der Waals surface area contributed by atoms with E-state index >= 15 is 0 Å². The van der Waals surface area contributed by atoms with Crippen molar-refractivity contribution in [2.75, 3.05) is 0 Å². The van der Waals surface area contributed by atoms with Crippen LogP contribution in [0.4, 0.5) is 0 Å². The average molecular weight is 457 g/mol. The predicted octanol–water partition coefficient (Wildman–Crippen LogP) is 6.98. The van der Waals surface area contributed by atoms with Crippen molar-refractivity contribution in [1.29, 1.82) is 10.5 Å². The number of fused-ring (bicyclic) bond motifs is 3. The number of aromatic nitrogens is 2. The first kappa shape index (κ1) is 19.6. The van der Waals surface area contributed by atoms with E-state index in [2.05, 4.69) is 33.4 Å². The van der Waals surface area contributed by atoms with Crippen LogP contribution < -0.4 is 0 Å². The molecule has 0 atom stereocenters. The first-order valence-electron chi connectivity index (χ1n) is 9.49. The van der Waals surface area contributed by atoms with E-state index in [-0.39, 0.29) is 0 Å². The van der Waals surface area contributed by atoms with Crippen LogP contribution in [0.3, 0.4) is 0 Å². The highest BCUT2D eigenvalue weighted by atomic mass is 32.1. The Morgan fingerprint density at radius 3 is 1.61 bits per heavy atom. The van der Waals surface area contributed by atoms with Crippen molar-refractivity contribution in [1.82, 2.24) is 9.13 Å². The van der Waals surface area contributed by atoms with Crippen molar-refractivity contribution in [2.45, 2.75) is 0 Å². The molecule has 0 spiro atoms. The van der Waals surface area contributed by atoms with Crippen LogP contribution in [0.25, 0.3) is 43.7 Å². The van der Waals surface area contributed by atoms with E-state index in [1.54, 1.807) is 34.0 Å². The zero-order chi connectivity index (χ0) is 21.5. The van der Waals surface area contributed by atoms with Gasteiger partial charge < -0.3 is 9.13 Å². The lowest BCUT2D eigenvalue weighted by Crippen LogP contribution is -1.95. The molecule has 4 nitrogen and oxygen atoms in total. The largest absolute Gasteiger partial charge is 0.342 e. The molecule has 5 heterocycles. The van der Waals surface area contributed by atoms with Crippen LogP contribution in [0.1, 0.15) is 21.1 Å². The van der Waals surface area contributed by atoms with Gasteiger partial charge in [-0.3, -0.25) is 0 Å². The van der Waals surface area contributed by atoms with Gasteiger partial charge in [0.05, 0.1) is 31.6 Å². The van der Waals surface area contributed by atoms with Gasteiger partial charge in [-0.15, -0.1) is 34.0 Å². The van der Waals surface area contributed by atoms with Crippen molar-refractivity contribution in [3.05, 3.63) is 68.3 Å². The van der Waals surface area contributed by atoms with Gasteiger partial charge in [0.15, 0.2) is 0 Å². The minimum Gasteiger partial charge on any atom is -0.342 e. The van der Waals surface area contributed by atoms with Crippen molar-refractivity contribution < 1.29 is 0 Å². The lowest BCUT2D eigenvalue weighted by Gasteiger charge is -2.04. The molecular weight excluding hydrogens is 440 g/mol. The Morgan fingerprint density at radius 1 is 0.806 bits per heavy atom. The van der Waals surface area contributed by atoms with Gasteiger partial charge in [0.1, 0.15) is 12.1 Å². The smallest absolute Gasteiger partial charge is 0.101 e. The quantitative estimate of drug-likeness (QED) is 0.274. The second-order valence-electron chi connectivity index (χ2n) is 7.08. The van der Waals surface area contributed by atoms with Crippen LogP contribution >= 0.6 is 34.0 Å². The van der Waals surface area contributed by atoms with E-state index in [4.69, 9.17) is 0 Å². The van der Waals surface area contributed by atoms with Gasteiger partial charge >= 0.3 is 0 Å². The number of thiophene rings is 3. The lowest BCUT2D eigenvalue weighted by atomic mass is 10.2. The Morgan fingerprint density at radius 2 is 1.26 bits per heavy atom. The fraction of sp³-hybridized carbons (Fsp3) is 0.0833. The second kappa shape index (κ2) is 7.72. The number of rotatable bonds is 4. The molecule has 150 valence electrons. The van der Waals surface area contributed by atoms with Crippen molar-refractivity contribution in [3.8, 4) is 12.1 Å². The monoisotopic (exact) mass is 456 g/mol. The molecular formula is C24H16N4S3. The molecule has 0 amide bonds. The van der Waals surface area contributed by atoms with Crippen molar-refractivity contribution in [3.63, 3.8) is 0 Å². The summed E-state index contributed by atoms with van der Waals surface area (Å²) in [6, 6.07) is 16.8. The van der Waals surface area contributed by atoms with Gasteiger partial charge in [-0.25, -0.2) is 0 Å². The Labute approximate surface area is 191 Å². The minimum atomic E-state index is 0.671. The Kier molecular flexibility index (Phi) is 4.88. The number of hydrogen-bond donors (Lipinski definition) is 0. The number of allylic oxidation sites excluding steroid dienone is 2. The summed E-state index contributed by atoms with van der Waals surface area (Å²) >= 11 is 4.88. The SMILES string of the molecule is Cn1c(/C=C(\C#N)c2cccs2)cc2sc3cc(/C=C(\C#N)c4cccs4)n(C)c3c21. The first-order chi connectivity index (χ1) is 15.1. The van der Waals surface area contributed by atoms with Gasteiger partial charge in [0.25, 0.3) is 0 Å². The van der Waals surface area contributed by atoms with Gasteiger partial charge in [-0.1, -0.05) is 12.1 Å². The molecule has 0 aliphatic rings. The predicted molar refractivity (Wildman–Crippen MR) is 133 cm³/mol. The highest BCUT2D eigenvalue weighted by Crippen LogP contribution is 2.39. The molecule has 5 rings (SSSR count). The second-order valence-corrected chi connectivity index (χ2v) is 10.1. The zero-order valence-corrected chi connectivity index (χ0v) is 19.2. The summed E-state index contributed by atoms with van der Waals surface area (Å²) in [5, 5.41) is 23.2. The Hall–Kier alpha value is -3.36. The van der Waals surface area contributed by atoms with Crippen LogP contribution in [-0.2, 0) is 14.1 Å². The molecule has 7 heteroatoms. The van der Waals surface area contributed by atoms with Crippen LogP contribution in [-0.4, -0.2) is 9.13 Å². The summed E-state index contributed by atoms with van der Waals surface area (Å²) in [5.74, 6) is 0. The molecule has 0 aliphatic carbocycles. The molecule has 0 radical (unpaired) electrons. The van der Waals surface area contributed by atoms with E-state index in [1.807, 2.05) is 61.3 Å². The topological polar surface area (TPSA) is 57.4 Å². The molecule has 0 aliphatic heterocycles. The number of nitriles is 2. The maximum Gasteiger partial charge on any atom is 0.101 e. The van der Waals surface area contributed by atoms with Gasteiger partial charge in [-0.05, 0) is 47.2 Å². The fourth-order valence-corrected chi connectivity index (χ4v) is 6.41. The van der Waals surface area contributed by atoms with E-state index in [1.165, 1.54) is 9.40 Å². The molecule has 0 saturated carbocycles. The average Bonchev–Trinajstić information content (AvgIpc) is 3.57. The molecule has 0 unspecified atom stereocenters. The standard InChI is InChI=1S/C24H16N4S3/c1-27-17(9-15(13-25)19-5-3-7-29-19)11-21-23(27)24-22(31-21)12-18(28(24)2)10-16(14-26)20-6-4-8-30-20/h3-12H,1-2H3/b15-9+,16-10+. The summed E-state index contributed by atoms with van der Waals surface area (Å²) in [7, 11) is 4.08. The van der Waals surface area contributed by atoms with Gasteiger partial charge in [-0.2, -0.15) is 10.5 Å². The van der Waals surface area contributed by atoms with Crippen molar-refractivity contribution in [2.24, 2.45) is 14.1 Å². The number of aryl methyl sites for hydroxylation is 2. The Bertz CT molecular complexity index is 1440. The minimum absolute atomic E-state index is 0.671. The van der Waals surface area contributed by atoms with Gasteiger partial charge in [0, 0.05) is 35.2 Å². The third kappa shape index (κ3) is 3.24. The van der Waals surface area contributed by atoms with E-state index in [0.29, 0.717) is 11.1 Å². The zero-order valence-electron chi connectivity index (χ0n) is 16.8. The van der Waals surface area contributed by atoms with E-state index < -0.39 is 0 Å². The van der Waals surface area contributed by atoms with Crippen LogP contribution in [0.5, 0.6) is 0 Å². The van der Waals surface area contributed by atoms with Gasteiger partial charge in [0.2, 0.25) is 0 Å². The molecule has 5 aromatic rings. The summed E-state index contributed by atoms with van der Waals surface area (Å²) in [4.78, 5) is 1.95. The van der Waals surface area contributed by atoms with Crippen LogP contribution in [0, 0.1) is 22.7 Å². The number of hydrogen-bond acceptors (Lipinski definition) is 5. The van der Waals surface area contributed by atoms with E-state index in [9.17, 15) is 10.5 Å². The third-order valence-electron chi connectivity index (χ3n) is 5.31. The third-order valence-corrected chi connectivity index (χ3v) is 8.18. The highest BCUT2D eigenvalue weighted by molar-refractivity contribution is 7.25. The Balaban J connectivity index is 1.65. The molecule has 0 bridgehead atoms. The molecule has 0 aromatic carbocycles. The molecule has 31 heavy (non-hydrogen) atoms. The summed E-state index contributed by atoms with van der Waals surface area (Å²) in [5.41, 5.74) is 5.64. The van der Waals surface area contributed by atoms with Crippen LogP contribution in [0.15, 0.2) is 47.2 Å². The highest BCUT2D eigenvalue weighted by Gasteiger charge is 2.17. The van der Waals surface area contributed by atoms with E-state index in [0.717, 1.165) is 32.2 Å². The lowest BCUT2D eigenvalue weighted by molar-refractivity contribution is 0.930. The first-order valence-corrected chi connectivity index (χ1v) is 12.1. The molecule has 5 aromatic heterocycles. The number of nitrogens with zero attached hydrogens (tertiary/aromatic N) is 4. The summed E-state index contributed by atoms with van der Waals surface area (Å²) in [6.45, 7) is 0. The fourth-order valence-electron chi connectivity index (χ4n) is 3.77. The van der Waals surface area contributed by atoms with Crippen molar-refractivity contribution >= 4 is 77.7 Å². The maximum atomic E-state index is 9.63.